The van der Waals surface area contributed by atoms with Crippen LogP contribution in [0, 0.1) is 0 Å². The van der Waals surface area contributed by atoms with Gasteiger partial charge in [-0.3, -0.25) is 0 Å². The van der Waals surface area contributed by atoms with E-state index in [0.29, 0.717) is 17.2 Å². The second kappa shape index (κ2) is 8.63. The Labute approximate surface area is 195 Å². The number of hydrogen-bond acceptors (Lipinski definition) is 6. The summed E-state index contributed by atoms with van der Waals surface area (Å²) in [6.45, 7) is 0.135. The predicted octanol–water partition coefficient (Wildman–Crippen LogP) is 5.76. The summed E-state index contributed by atoms with van der Waals surface area (Å²) in [6, 6.07) is 29.9. The van der Waals surface area contributed by atoms with E-state index in [2.05, 4.69) is 27.4 Å². The van der Waals surface area contributed by atoms with Crippen LogP contribution >= 0.6 is 0 Å². The molecule has 0 unspecified atom stereocenters. The molecule has 0 saturated heterocycles. The van der Waals surface area contributed by atoms with Crippen LogP contribution in [0.3, 0.4) is 0 Å². The number of nitrogens with zero attached hydrogens (tertiary/aromatic N) is 5. The molecule has 0 spiro atoms. The molecule has 6 rings (SSSR count). The van der Waals surface area contributed by atoms with Crippen molar-refractivity contribution in [1.29, 1.82) is 0 Å². The lowest BCUT2D eigenvalue weighted by Gasteiger charge is -2.03. The second-order valence-corrected chi connectivity index (χ2v) is 7.68. The minimum absolute atomic E-state index is 0.135. The lowest BCUT2D eigenvalue weighted by atomic mass is 9.99. The van der Waals surface area contributed by atoms with Crippen molar-refractivity contribution in [1.82, 2.24) is 19.6 Å². The molecule has 34 heavy (non-hydrogen) atoms. The third-order valence-corrected chi connectivity index (χ3v) is 5.44. The summed E-state index contributed by atoms with van der Waals surface area (Å²) >= 11 is 0. The summed E-state index contributed by atoms with van der Waals surface area (Å²) in [5.74, 6) is 1.25. The van der Waals surface area contributed by atoms with Gasteiger partial charge >= 0.3 is 0 Å². The molecule has 0 amide bonds. The molecule has 164 valence electrons. The molecule has 0 fully saturated rings. The molecular weight excluding hydrogens is 426 g/mol. The minimum atomic E-state index is 0.135. The van der Waals surface area contributed by atoms with Crippen LogP contribution in [-0.4, -0.2) is 25.8 Å². The van der Waals surface area contributed by atoms with E-state index in [4.69, 9.17) is 14.2 Å². The normalized spacial score (nSPS) is 11.5. The third kappa shape index (κ3) is 3.69. The van der Waals surface area contributed by atoms with Crippen LogP contribution in [0.15, 0.2) is 107 Å². The van der Waals surface area contributed by atoms with Crippen LogP contribution in [-0.2, 0) is 11.4 Å². The number of hydrogen-bond donors (Lipinski definition) is 0. The molecule has 3 aromatic heterocycles. The van der Waals surface area contributed by atoms with E-state index >= 15 is 0 Å². The Morgan fingerprint density at radius 3 is 2.26 bits per heavy atom. The smallest absolute Gasteiger partial charge is 0.232 e. The zero-order chi connectivity index (χ0) is 22.7. The highest BCUT2D eigenvalue weighted by molar-refractivity contribution is 6.07. The largest absolute Gasteiger partial charge is 0.437 e. The van der Waals surface area contributed by atoms with Crippen molar-refractivity contribution in [3.05, 3.63) is 109 Å². The van der Waals surface area contributed by atoms with Crippen LogP contribution in [0.5, 0.6) is 0 Å². The minimum Gasteiger partial charge on any atom is -0.437 e. The first-order chi connectivity index (χ1) is 16.9. The van der Waals surface area contributed by atoms with Crippen LogP contribution in [0.2, 0.25) is 0 Å². The first kappa shape index (κ1) is 19.9. The molecule has 3 heterocycles. The summed E-state index contributed by atoms with van der Waals surface area (Å²) in [5.41, 5.74) is 5.03. The quantitative estimate of drug-likeness (QED) is 0.241. The molecule has 7 heteroatoms. The van der Waals surface area contributed by atoms with Gasteiger partial charge in [-0.25, -0.2) is 14.5 Å². The molecule has 0 aliphatic carbocycles. The van der Waals surface area contributed by atoms with Gasteiger partial charge in [0, 0.05) is 11.1 Å². The first-order valence-electron chi connectivity index (χ1n) is 10.8. The van der Waals surface area contributed by atoms with Crippen LogP contribution in [0.1, 0.15) is 11.4 Å². The zero-order valence-electron chi connectivity index (χ0n) is 18.1. The molecular formula is C27H19N5O2. The summed E-state index contributed by atoms with van der Waals surface area (Å²) in [6.07, 6.45) is 3.26. The topological polar surface area (TPSA) is 77.8 Å². The van der Waals surface area contributed by atoms with E-state index in [1.165, 1.54) is 0 Å². The summed E-state index contributed by atoms with van der Waals surface area (Å²) in [5, 5.41) is 9.36. The van der Waals surface area contributed by atoms with Crippen molar-refractivity contribution in [2.24, 2.45) is 5.16 Å². The Morgan fingerprint density at radius 1 is 0.853 bits per heavy atom. The lowest BCUT2D eigenvalue weighted by molar-refractivity contribution is 0.126. The van der Waals surface area contributed by atoms with Gasteiger partial charge in [-0.2, -0.15) is 0 Å². The van der Waals surface area contributed by atoms with Crippen LogP contribution in [0.4, 0.5) is 0 Å². The third-order valence-electron chi connectivity index (χ3n) is 5.44. The molecule has 0 radical (unpaired) electrons. The zero-order valence-corrected chi connectivity index (χ0v) is 18.1. The van der Waals surface area contributed by atoms with Gasteiger partial charge in [0.25, 0.3) is 0 Å². The van der Waals surface area contributed by atoms with E-state index < -0.39 is 0 Å². The summed E-state index contributed by atoms with van der Waals surface area (Å²) < 4.78 is 7.91. The number of furan rings is 1. The molecule has 0 atom stereocenters. The molecule has 0 aliphatic rings. The molecule has 0 saturated carbocycles. The van der Waals surface area contributed by atoms with Crippen molar-refractivity contribution < 1.29 is 9.25 Å². The average molecular weight is 445 g/mol. The fraction of sp³-hybridized carbons (Fsp3) is 0.0370. The van der Waals surface area contributed by atoms with Crippen molar-refractivity contribution in [3.63, 3.8) is 0 Å². The monoisotopic (exact) mass is 445 g/mol. The van der Waals surface area contributed by atoms with Crippen molar-refractivity contribution >= 4 is 23.0 Å². The highest BCUT2D eigenvalue weighted by Crippen LogP contribution is 2.41. The fourth-order valence-electron chi connectivity index (χ4n) is 3.91. The predicted molar refractivity (Wildman–Crippen MR) is 130 cm³/mol. The van der Waals surface area contributed by atoms with Gasteiger partial charge in [-0.15, -0.1) is 5.10 Å². The van der Waals surface area contributed by atoms with E-state index in [1.807, 2.05) is 78.9 Å². The van der Waals surface area contributed by atoms with E-state index in [9.17, 15) is 0 Å². The Hall–Kier alpha value is -4.78. The molecule has 3 aromatic carbocycles. The molecule has 0 bridgehead atoms. The number of rotatable bonds is 6. The van der Waals surface area contributed by atoms with Gasteiger partial charge in [0.1, 0.15) is 12.1 Å². The number of fused-ring (bicyclic) bond motifs is 3. The van der Waals surface area contributed by atoms with Gasteiger partial charge in [-0.05, 0) is 11.1 Å². The molecule has 0 aliphatic heterocycles. The number of aromatic nitrogens is 4. The second-order valence-electron chi connectivity index (χ2n) is 7.68. The van der Waals surface area contributed by atoms with Gasteiger partial charge in [0.2, 0.25) is 5.71 Å². The Kier molecular flexibility index (Phi) is 5.04. The lowest BCUT2D eigenvalue weighted by Crippen LogP contribution is -1.92. The highest BCUT2D eigenvalue weighted by Gasteiger charge is 2.22. The van der Waals surface area contributed by atoms with Crippen molar-refractivity contribution in [2.75, 3.05) is 0 Å². The maximum absolute atomic E-state index is 6.26. The van der Waals surface area contributed by atoms with E-state index in [-0.39, 0.29) is 6.61 Å². The number of oxime groups is 1. The van der Waals surface area contributed by atoms with E-state index in [0.717, 1.165) is 33.4 Å². The Balaban J connectivity index is 1.43. The molecule has 6 aromatic rings. The van der Waals surface area contributed by atoms with Crippen LogP contribution in [0.25, 0.3) is 39.2 Å². The maximum Gasteiger partial charge on any atom is 0.232 e. The van der Waals surface area contributed by atoms with E-state index in [1.54, 1.807) is 17.1 Å². The molecule has 7 nitrogen and oxygen atoms in total. The van der Waals surface area contributed by atoms with Gasteiger partial charge in [0.15, 0.2) is 18.1 Å². The SMILES string of the molecule is C(=NOCc1nc2c3c(-c4ccccc4)c(-c4ccccc4)oc3ncn2n1)c1ccccc1. The molecule has 0 N–H and O–H groups in total. The maximum atomic E-state index is 6.26. The van der Waals surface area contributed by atoms with Gasteiger partial charge < -0.3 is 9.25 Å². The first-order valence-corrected chi connectivity index (χ1v) is 10.8. The highest BCUT2D eigenvalue weighted by atomic mass is 16.6. The van der Waals surface area contributed by atoms with Crippen LogP contribution < -0.4 is 0 Å². The average Bonchev–Trinajstić information content (AvgIpc) is 3.49. The standard InChI is InChI=1S/C27H19N5O2/c1-4-10-19(11-5-1)16-29-33-17-22-30-26-24-23(20-12-6-2-7-13-20)25(21-14-8-3-9-15-21)34-27(24)28-18-32(26)31-22/h1-16,18H,17H2. The number of benzene rings is 3. The van der Waals surface area contributed by atoms with Gasteiger partial charge in [-0.1, -0.05) is 96.2 Å². The Morgan fingerprint density at radius 2 is 1.53 bits per heavy atom. The summed E-state index contributed by atoms with van der Waals surface area (Å²) in [4.78, 5) is 14.7. The fourth-order valence-corrected chi connectivity index (χ4v) is 3.91. The van der Waals surface area contributed by atoms with Gasteiger partial charge in [0.05, 0.1) is 11.6 Å². The summed E-state index contributed by atoms with van der Waals surface area (Å²) in [7, 11) is 0. The van der Waals surface area contributed by atoms with Crippen molar-refractivity contribution in [2.45, 2.75) is 6.61 Å². The van der Waals surface area contributed by atoms with Crippen molar-refractivity contribution in [3.8, 4) is 22.5 Å². The Bertz CT molecular complexity index is 1590.